The van der Waals surface area contributed by atoms with Gasteiger partial charge in [-0.25, -0.2) is 4.39 Å². The van der Waals surface area contributed by atoms with E-state index in [1.807, 2.05) is 17.8 Å². The van der Waals surface area contributed by atoms with Gasteiger partial charge in [0.1, 0.15) is 5.82 Å². The molecular weight excluding hydrogens is 321 g/mol. The highest BCUT2D eigenvalue weighted by molar-refractivity contribution is 8.01. The van der Waals surface area contributed by atoms with Crippen LogP contribution in [0.1, 0.15) is 44.1 Å². The molecular formula is C20H26FNOS. The Labute approximate surface area is 148 Å². The lowest BCUT2D eigenvalue weighted by Crippen LogP contribution is -2.49. The van der Waals surface area contributed by atoms with Crippen molar-refractivity contribution in [3.8, 4) is 0 Å². The lowest BCUT2D eigenvalue weighted by atomic mass is 9.56. The number of hydrogen-bond acceptors (Lipinski definition) is 2. The normalized spacial score (nSPS) is 33.6. The van der Waals surface area contributed by atoms with E-state index in [2.05, 4.69) is 5.32 Å². The first kappa shape index (κ1) is 16.4. The third-order valence-electron chi connectivity index (χ3n) is 6.17. The third-order valence-corrected chi connectivity index (χ3v) is 7.68. The van der Waals surface area contributed by atoms with Gasteiger partial charge in [0.25, 0.3) is 0 Å². The number of carbonyl (C=O) groups excluding carboxylic acids is 1. The summed E-state index contributed by atoms with van der Waals surface area (Å²) in [5.41, 5.74) is 0.673. The molecule has 0 radical (unpaired) electrons. The molecule has 130 valence electrons. The van der Waals surface area contributed by atoms with E-state index in [4.69, 9.17) is 0 Å². The van der Waals surface area contributed by atoms with Crippen molar-refractivity contribution in [2.24, 2.45) is 17.8 Å². The van der Waals surface area contributed by atoms with Crippen LogP contribution in [0.2, 0.25) is 0 Å². The molecule has 4 aliphatic rings. The van der Waals surface area contributed by atoms with Gasteiger partial charge in [-0.15, -0.1) is 11.8 Å². The third kappa shape index (κ3) is 3.49. The Bertz CT molecular complexity index is 582. The van der Waals surface area contributed by atoms with Crippen molar-refractivity contribution < 1.29 is 9.18 Å². The molecule has 4 aliphatic carbocycles. The van der Waals surface area contributed by atoms with Crippen LogP contribution in [0.15, 0.2) is 24.3 Å². The molecule has 4 bridgehead atoms. The lowest BCUT2D eigenvalue weighted by Gasteiger charge is -2.56. The van der Waals surface area contributed by atoms with Gasteiger partial charge >= 0.3 is 0 Å². The second kappa shape index (κ2) is 6.70. The summed E-state index contributed by atoms with van der Waals surface area (Å²) in [5.74, 6) is 3.25. The zero-order chi connectivity index (χ0) is 16.6. The van der Waals surface area contributed by atoms with Gasteiger partial charge in [-0.2, -0.15) is 0 Å². The predicted molar refractivity (Wildman–Crippen MR) is 96.5 cm³/mol. The maximum atomic E-state index is 13.6. The molecule has 1 aromatic carbocycles. The Morgan fingerprint density at radius 2 is 1.75 bits per heavy atom. The first-order chi connectivity index (χ1) is 11.6. The molecule has 0 spiro atoms. The predicted octanol–water partition coefficient (Wildman–Crippen LogP) is 4.19. The summed E-state index contributed by atoms with van der Waals surface area (Å²) < 4.78 is 14.0. The topological polar surface area (TPSA) is 29.1 Å². The molecule has 24 heavy (non-hydrogen) atoms. The van der Waals surface area contributed by atoms with Gasteiger partial charge in [-0.3, -0.25) is 4.79 Å². The van der Waals surface area contributed by atoms with Crippen LogP contribution in [0.5, 0.6) is 0 Å². The first-order valence-electron chi connectivity index (χ1n) is 9.26. The molecule has 4 saturated carbocycles. The Morgan fingerprint density at radius 3 is 2.38 bits per heavy atom. The van der Waals surface area contributed by atoms with Gasteiger partial charge < -0.3 is 5.32 Å². The molecule has 1 aromatic rings. The molecule has 1 amide bonds. The van der Waals surface area contributed by atoms with Crippen LogP contribution in [0.25, 0.3) is 0 Å². The molecule has 0 unspecified atom stereocenters. The maximum absolute atomic E-state index is 13.6. The summed E-state index contributed by atoms with van der Waals surface area (Å²) in [6, 6.07) is 6.79. The van der Waals surface area contributed by atoms with E-state index in [9.17, 15) is 9.18 Å². The zero-order valence-electron chi connectivity index (χ0n) is 14.1. The van der Waals surface area contributed by atoms with Gasteiger partial charge in [-0.05, 0) is 74.3 Å². The summed E-state index contributed by atoms with van der Waals surface area (Å²) in [4.78, 5) is 12.2. The molecule has 4 heteroatoms. The SMILES string of the molecule is O=C(CSC12CC3CC(CC(C3)C1)C2)NCCc1ccccc1F. The van der Waals surface area contributed by atoms with Crippen LogP contribution < -0.4 is 5.32 Å². The molecule has 5 rings (SSSR count). The monoisotopic (exact) mass is 347 g/mol. The molecule has 2 nitrogen and oxygen atoms in total. The van der Waals surface area contributed by atoms with Gasteiger partial charge in [0.2, 0.25) is 5.91 Å². The van der Waals surface area contributed by atoms with Crippen LogP contribution in [-0.2, 0) is 11.2 Å². The van der Waals surface area contributed by atoms with Crippen molar-refractivity contribution in [1.82, 2.24) is 5.32 Å². The summed E-state index contributed by atoms with van der Waals surface area (Å²) in [6.45, 7) is 0.515. The quantitative estimate of drug-likeness (QED) is 0.836. The number of rotatable bonds is 6. The highest BCUT2D eigenvalue weighted by Gasteiger charge is 2.51. The fourth-order valence-corrected chi connectivity index (χ4v) is 7.12. The van der Waals surface area contributed by atoms with Crippen LogP contribution in [0.4, 0.5) is 4.39 Å². The van der Waals surface area contributed by atoms with E-state index in [0.717, 1.165) is 17.8 Å². The van der Waals surface area contributed by atoms with Crippen LogP contribution in [0.3, 0.4) is 0 Å². The van der Waals surface area contributed by atoms with Crippen LogP contribution >= 0.6 is 11.8 Å². The number of carbonyl (C=O) groups is 1. The standard InChI is InChI=1S/C20H26FNOS/c21-18-4-2-1-3-17(18)5-6-22-19(23)13-24-20-10-14-7-15(11-20)9-16(8-14)12-20/h1-4,14-16H,5-13H2,(H,22,23). The highest BCUT2D eigenvalue weighted by Crippen LogP contribution is 2.60. The number of amides is 1. The summed E-state index contributed by atoms with van der Waals surface area (Å²) in [7, 11) is 0. The average molecular weight is 347 g/mol. The fraction of sp³-hybridized carbons (Fsp3) is 0.650. The number of thioether (sulfide) groups is 1. The Kier molecular flexibility index (Phi) is 4.59. The largest absolute Gasteiger partial charge is 0.355 e. The van der Waals surface area contributed by atoms with E-state index in [-0.39, 0.29) is 11.7 Å². The van der Waals surface area contributed by atoms with Gasteiger partial charge in [-0.1, -0.05) is 18.2 Å². The van der Waals surface area contributed by atoms with Crippen molar-refractivity contribution in [1.29, 1.82) is 0 Å². The number of hydrogen-bond donors (Lipinski definition) is 1. The van der Waals surface area contributed by atoms with Crippen molar-refractivity contribution in [2.75, 3.05) is 12.3 Å². The molecule has 1 N–H and O–H groups in total. The Morgan fingerprint density at radius 1 is 1.12 bits per heavy atom. The second-order valence-electron chi connectivity index (χ2n) is 8.08. The van der Waals surface area contributed by atoms with Crippen molar-refractivity contribution in [2.45, 2.75) is 49.7 Å². The molecule has 0 atom stereocenters. The molecule has 0 saturated heterocycles. The summed E-state index contributed by atoms with van der Waals surface area (Å²) in [6.07, 6.45) is 8.85. The van der Waals surface area contributed by atoms with Gasteiger partial charge in [0.15, 0.2) is 0 Å². The van der Waals surface area contributed by atoms with Crippen LogP contribution in [-0.4, -0.2) is 23.0 Å². The zero-order valence-corrected chi connectivity index (χ0v) is 14.9. The lowest BCUT2D eigenvalue weighted by molar-refractivity contribution is -0.118. The summed E-state index contributed by atoms with van der Waals surface area (Å²) in [5, 5.41) is 2.96. The van der Waals surface area contributed by atoms with Crippen LogP contribution in [0, 0.1) is 23.6 Å². The molecule has 0 aliphatic heterocycles. The smallest absolute Gasteiger partial charge is 0.230 e. The number of halogens is 1. The van der Waals surface area contributed by atoms with E-state index in [1.54, 1.807) is 12.1 Å². The number of nitrogens with one attached hydrogen (secondary N) is 1. The molecule has 0 heterocycles. The Hall–Kier alpha value is -1.03. The van der Waals surface area contributed by atoms with Gasteiger partial charge in [0, 0.05) is 11.3 Å². The minimum Gasteiger partial charge on any atom is -0.355 e. The van der Waals surface area contributed by atoms with E-state index >= 15 is 0 Å². The van der Waals surface area contributed by atoms with Crippen molar-refractivity contribution in [3.63, 3.8) is 0 Å². The Balaban J connectivity index is 1.23. The second-order valence-corrected chi connectivity index (χ2v) is 9.52. The minimum absolute atomic E-state index is 0.104. The van der Waals surface area contributed by atoms with Gasteiger partial charge in [0.05, 0.1) is 5.75 Å². The first-order valence-corrected chi connectivity index (χ1v) is 10.2. The molecule has 4 fully saturated rings. The minimum atomic E-state index is -0.185. The highest BCUT2D eigenvalue weighted by atomic mass is 32.2. The van der Waals surface area contributed by atoms with Crippen molar-refractivity contribution in [3.05, 3.63) is 35.6 Å². The van der Waals surface area contributed by atoms with E-state index in [0.29, 0.717) is 29.0 Å². The average Bonchev–Trinajstić information content (AvgIpc) is 2.54. The summed E-state index contributed by atoms with van der Waals surface area (Å²) >= 11 is 1.91. The van der Waals surface area contributed by atoms with E-state index < -0.39 is 0 Å². The number of benzene rings is 1. The van der Waals surface area contributed by atoms with Crippen molar-refractivity contribution >= 4 is 17.7 Å². The molecule has 0 aromatic heterocycles. The fourth-order valence-electron chi connectivity index (χ4n) is 5.52. The maximum Gasteiger partial charge on any atom is 0.230 e. The van der Waals surface area contributed by atoms with E-state index in [1.165, 1.54) is 44.6 Å².